The van der Waals surface area contributed by atoms with Crippen LogP contribution >= 0.6 is 0 Å². The van der Waals surface area contributed by atoms with Crippen molar-refractivity contribution in [3.05, 3.63) is 112 Å². The minimum atomic E-state index is -0.345. The van der Waals surface area contributed by atoms with Crippen LogP contribution in [0.2, 0.25) is 0 Å². The summed E-state index contributed by atoms with van der Waals surface area (Å²) in [5.74, 6) is 0.575. The van der Waals surface area contributed by atoms with Crippen LogP contribution in [0.1, 0.15) is 51.9 Å². The molecule has 0 spiro atoms. The van der Waals surface area contributed by atoms with Crippen LogP contribution in [-0.2, 0) is 4.79 Å². The predicted molar refractivity (Wildman–Crippen MR) is 113 cm³/mol. The van der Waals surface area contributed by atoms with Gasteiger partial charge in [0.05, 0.1) is 12.0 Å². The first kappa shape index (κ1) is 17.2. The topological polar surface area (TPSA) is 59.3 Å². The maximum absolute atomic E-state index is 13.4. The van der Waals surface area contributed by atoms with Crippen molar-refractivity contribution in [3.63, 3.8) is 0 Å². The quantitative estimate of drug-likeness (QED) is 0.667. The Morgan fingerprint density at radius 1 is 0.800 bits per heavy atom. The average Bonchev–Trinajstić information content (AvgIpc) is 3.41. The van der Waals surface area contributed by atoms with Gasteiger partial charge in [-0.2, -0.15) is 0 Å². The van der Waals surface area contributed by atoms with Gasteiger partial charge >= 0.3 is 0 Å². The molecule has 0 radical (unpaired) electrons. The highest BCUT2D eigenvalue weighted by Crippen LogP contribution is 2.50. The molecule has 3 aliphatic rings. The minimum Gasteiger partial charge on any atom is -0.469 e. The van der Waals surface area contributed by atoms with E-state index in [9.17, 15) is 9.59 Å². The molecule has 0 unspecified atom stereocenters. The number of nitrogens with one attached hydrogen (secondary N) is 1. The number of benzene rings is 2. The van der Waals surface area contributed by atoms with Crippen LogP contribution in [0.5, 0.6) is 0 Å². The molecule has 146 valence electrons. The van der Waals surface area contributed by atoms with Crippen LogP contribution in [0.25, 0.3) is 5.70 Å². The van der Waals surface area contributed by atoms with Crippen LogP contribution in [0, 0.1) is 0 Å². The van der Waals surface area contributed by atoms with Crippen molar-refractivity contribution in [2.45, 2.75) is 24.7 Å². The second-order valence-electron chi connectivity index (χ2n) is 8.07. The Bertz CT molecular complexity index is 1250. The molecule has 1 aliphatic heterocycles. The fourth-order valence-corrected chi connectivity index (χ4v) is 5.10. The summed E-state index contributed by atoms with van der Waals surface area (Å²) in [5, 5.41) is 3.50. The zero-order valence-corrected chi connectivity index (χ0v) is 16.2. The van der Waals surface area contributed by atoms with Gasteiger partial charge in [-0.15, -0.1) is 0 Å². The molecule has 0 fully saturated rings. The van der Waals surface area contributed by atoms with Crippen molar-refractivity contribution in [2.24, 2.45) is 0 Å². The van der Waals surface area contributed by atoms with Crippen molar-refractivity contribution >= 4 is 17.3 Å². The van der Waals surface area contributed by atoms with E-state index in [2.05, 4.69) is 5.32 Å². The SMILES string of the molecule is O=C1C[C@H](c2ccco2)CC2=C1[C@H](c1ccccc1)C1=C(N2)c2ccccc2C1=O. The zero-order chi connectivity index (χ0) is 20.2. The first-order chi connectivity index (χ1) is 14.7. The van der Waals surface area contributed by atoms with Gasteiger partial charge in [0.2, 0.25) is 0 Å². The molecule has 1 aromatic heterocycles. The molecule has 4 heteroatoms. The Hall–Kier alpha value is -3.66. The summed E-state index contributed by atoms with van der Waals surface area (Å²) in [7, 11) is 0. The molecule has 0 saturated carbocycles. The van der Waals surface area contributed by atoms with E-state index in [4.69, 9.17) is 4.42 Å². The Balaban J connectivity index is 1.53. The number of hydrogen-bond acceptors (Lipinski definition) is 4. The molecule has 0 amide bonds. The summed E-state index contributed by atoms with van der Waals surface area (Å²) in [6.45, 7) is 0. The molecule has 0 bridgehead atoms. The molecule has 30 heavy (non-hydrogen) atoms. The summed E-state index contributed by atoms with van der Waals surface area (Å²) in [6.07, 6.45) is 2.73. The van der Waals surface area contributed by atoms with E-state index in [1.165, 1.54) is 0 Å². The highest BCUT2D eigenvalue weighted by atomic mass is 16.3. The number of allylic oxidation sites excluding steroid dienone is 3. The molecule has 0 saturated heterocycles. The predicted octanol–water partition coefficient (Wildman–Crippen LogP) is 4.97. The summed E-state index contributed by atoms with van der Waals surface area (Å²) >= 11 is 0. The van der Waals surface area contributed by atoms with Crippen molar-refractivity contribution in [1.82, 2.24) is 5.32 Å². The van der Waals surface area contributed by atoms with Crippen molar-refractivity contribution in [2.75, 3.05) is 0 Å². The standard InChI is InChI=1S/C26H19NO3/c28-20-14-16(21-11-6-12-30-21)13-19-23(20)22(15-7-2-1-3-8-15)24-25(27-19)17-9-4-5-10-18(17)26(24)29/h1-12,16,22,27H,13-14H2/t16-,22+/m1/s1. The highest BCUT2D eigenvalue weighted by molar-refractivity contribution is 6.23. The molecule has 6 rings (SSSR count). The number of hydrogen-bond donors (Lipinski definition) is 1. The van der Waals surface area contributed by atoms with E-state index < -0.39 is 0 Å². The molecule has 2 atom stereocenters. The van der Waals surface area contributed by atoms with Gasteiger partial charge in [-0.25, -0.2) is 0 Å². The highest BCUT2D eigenvalue weighted by Gasteiger charge is 2.45. The first-order valence-electron chi connectivity index (χ1n) is 10.2. The maximum atomic E-state index is 13.4. The summed E-state index contributed by atoms with van der Waals surface area (Å²) in [5.41, 5.74) is 5.75. The van der Waals surface area contributed by atoms with Crippen LogP contribution in [0.3, 0.4) is 0 Å². The van der Waals surface area contributed by atoms with Crippen LogP contribution in [-0.4, -0.2) is 11.6 Å². The van der Waals surface area contributed by atoms with Crippen molar-refractivity contribution in [3.8, 4) is 0 Å². The Kier molecular flexibility index (Phi) is 3.69. The van der Waals surface area contributed by atoms with E-state index in [1.807, 2.05) is 66.7 Å². The number of rotatable bonds is 2. The third-order valence-corrected chi connectivity index (χ3v) is 6.39. The van der Waals surface area contributed by atoms with E-state index in [0.29, 0.717) is 24.0 Å². The fourth-order valence-electron chi connectivity index (χ4n) is 5.10. The van der Waals surface area contributed by atoms with Crippen LogP contribution < -0.4 is 5.32 Å². The number of furan rings is 1. The average molecular weight is 393 g/mol. The number of carbonyl (C=O) groups is 2. The number of Topliss-reactive ketones (excluding diaryl/α,β-unsaturated/α-hetero) is 2. The Labute approximate surface area is 173 Å². The summed E-state index contributed by atoms with van der Waals surface area (Å²) in [4.78, 5) is 26.8. The molecule has 3 aromatic rings. The minimum absolute atomic E-state index is 0.00433. The van der Waals surface area contributed by atoms with Gasteiger partial charge in [-0.05, 0) is 24.1 Å². The van der Waals surface area contributed by atoms with Gasteiger partial charge in [0, 0.05) is 46.2 Å². The zero-order valence-electron chi connectivity index (χ0n) is 16.2. The van der Waals surface area contributed by atoms with E-state index in [0.717, 1.165) is 33.9 Å². The van der Waals surface area contributed by atoms with Gasteiger partial charge in [0.25, 0.3) is 0 Å². The lowest BCUT2D eigenvalue weighted by atomic mass is 9.72. The smallest absolute Gasteiger partial charge is 0.192 e. The molecule has 2 aromatic carbocycles. The molecule has 2 aliphatic carbocycles. The first-order valence-corrected chi connectivity index (χ1v) is 10.2. The molecule has 2 heterocycles. The van der Waals surface area contributed by atoms with Crippen molar-refractivity contribution in [1.29, 1.82) is 0 Å². The van der Waals surface area contributed by atoms with E-state index in [-0.39, 0.29) is 23.4 Å². The Morgan fingerprint density at radius 3 is 2.33 bits per heavy atom. The van der Waals surface area contributed by atoms with E-state index >= 15 is 0 Å². The second kappa shape index (κ2) is 6.42. The molecule has 4 nitrogen and oxygen atoms in total. The maximum Gasteiger partial charge on any atom is 0.192 e. The van der Waals surface area contributed by atoms with E-state index in [1.54, 1.807) is 6.26 Å². The van der Waals surface area contributed by atoms with Gasteiger partial charge in [-0.1, -0.05) is 54.6 Å². The second-order valence-corrected chi connectivity index (χ2v) is 8.07. The van der Waals surface area contributed by atoms with Gasteiger partial charge < -0.3 is 9.73 Å². The van der Waals surface area contributed by atoms with Crippen LogP contribution in [0.4, 0.5) is 0 Å². The third-order valence-electron chi connectivity index (χ3n) is 6.39. The van der Waals surface area contributed by atoms with Gasteiger partial charge in [0.15, 0.2) is 11.6 Å². The third kappa shape index (κ3) is 2.40. The largest absolute Gasteiger partial charge is 0.469 e. The number of ketones is 2. The molecular formula is C26H19NO3. The lowest BCUT2D eigenvalue weighted by Crippen LogP contribution is -2.33. The van der Waals surface area contributed by atoms with Gasteiger partial charge in [0.1, 0.15) is 5.76 Å². The number of fused-ring (bicyclic) bond motifs is 2. The number of dihydropyridines is 1. The molecular weight excluding hydrogens is 374 g/mol. The normalized spacial score (nSPS) is 22.5. The van der Waals surface area contributed by atoms with Gasteiger partial charge in [-0.3, -0.25) is 9.59 Å². The lowest BCUT2D eigenvalue weighted by molar-refractivity contribution is -0.116. The number of carbonyl (C=O) groups excluding carboxylic acids is 2. The Morgan fingerprint density at radius 2 is 1.57 bits per heavy atom. The fraction of sp³-hybridized carbons (Fsp3) is 0.154. The summed E-state index contributed by atoms with van der Waals surface area (Å²) < 4.78 is 5.60. The monoisotopic (exact) mass is 393 g/mol. The molecule has 1 N–H and O–H groups in total. The van der Waals surface area contributed by atoms with Crippen molar-refractivity contribution < 1.29 is 14.0 Å². The summed E-state index contributed by atoms with van der Waals surface area (Å²) in [6, 6.07) is 21.4. The van der Waals surface area contributed by atoms with Crippen LogP contribution in [0.15, 0.2) is 94.3 Å². The lowest BCUT2D eigenvalue weighted by Gasteiger charge is -2.35.